The number of nitrogens with one attached hydrogen (secondary N) is 3. The summed E-state index contributed by atoms with van der Waals surface area (Å²) in [5.41, 5.74) is 1.84. The monoisotopic (exact) mass is 570 g/mol. The number of aryl methyl sites for hydroxylation is 1. The molecular formula is C27H28Cl2N6O4. The maximum absolute atomic E-state index is 12.7. The second kappa shape index (κ2) is 11.0. The first-order valence-corrected chi connectivity index (χ1v) is 12.7. The van der Waals surface area contributed by atoms with Crippen molar-refractivity contribution in [3.8, 4) is 17.2 Å². The van der Waals surface area contributed by atoms with E-state index in [0.29, 0.717) is 33.8 Å². The first-order chi connectivity index (χ1) is 18.4. The van der Waals surface area contributed by atoms with Crippen LogP contribution >= 0.6 is 23.2 Å². The number of rotatable bonds is 6. The predicted octanol–water partition coefficient (Wildman–Crippen LogP) is 6.38. The highest BCUT2D eigenvalue weighted by molar-refractivity contribution is 6.45. The van der Waals surface area contributed by atoms with Crippen LogP contribution in [0.2, 0.25) is 10.0 Å². The number of urea groups is 1. The number of hydrogen-bond acceptors (Lipinski definition) is 6. The minimum Gasteiger partial charge on any atom is -0.496 e. The highest BCUT2D eigenvalue weighted by Crippen LogP contribution is 2.41. The molecule has 3 N–H and O–H groups in total. The number of fused-ring (bicyclic) bond motifs is 1. The van der Waals surface area contributed by atoms with E-state index in [9.17, 15) is 9.59 Å². The minimum atomic E-state index is -0.513. The van der Waals surface area contributed by atoms with Gasteiger partial charge in [0.05, 0.1) is 34.6 Å². The van der Waals surface area contributed by atoms with Crippen LogP contribution in [0.25, 0.3) is 10.9 Å². The lowest BCUT2D eigenvalue weighted by Crippen LogP contribution is -2.21. The molecule has 12 heteroatoms. The van der Waals surface area contributed by atoms with Crippen LogP contribution in [0.3, 0.4) is 0 Å². The summed E-state index contributed by atoms with van der Waals surface area (Å²) in [6.45, 7) is 6.12. The van der Waals surface area contributed by atoms with Gasteiger partial charge in [0.2, 0.25) is 0 Å². The smallest absolute Gasteiger partial charge is 0.324 e. The topological polar surface area (TPSA) is 119 Å². The van der Waals surface area contributed by atoms with Crippen LogP contribution in [0, 0.1) is 0 Å². The van der Waals surface area contributed by atoms with E-state index >= 15 is 0 Å². The number of pyridine rings is 1. The normalized spacial score (nSPS) is 11.3. The van der Waals surface area contributed by atoms with Crippen LogP contribution in [0.15, 0.2) is 42.6 Å². The Hall–Kier alpha value is -4.02. The van der Waals surface area contributed by atoms with Crippen molar-refractivity contribution in [2.24, 2.45) is 7.05 Å². The summed E-state index contributed by atoms with van der Waals surface area (Å²) >= 11 is 13.0. The standard InChI is InChI=1S/C27H28Cl2N6O4/c1-27(2,3)21-13-22(35(5)34-21)33-26(37)32-16-7-8-19(24(29)23(16)28)39-18-9-10-31-17-12-20(38-6)15(11-14(17)18)25(36)30-4/h7-13H,1-6H3,(H,30,36)(H2,32,33,37). The lowest BCUT2D eigenvalue weighted by Gasteiger charge is -2.15. The Labute approximate surface area is 235 Å². The summed E-state index contributed by atoms with van der Waals surface area (Å²) in [5, 5.41) is 13.3. The van der Waals surface area contributed by atoms with Crippen LogP contribution in [0.4, 0.5) is 16.3 Å². The molecule has 0 aliphatic rings. The molecule has 2 heterocycles. The van der Waals surface area contributed by atoms with Gasteiger partial charge in [0.1, 0.15) is 28.1 Å². The Morgan fingerprint density at radius 3 is 2.36 bits per heavy atom. The minimum absolute atomic E-state index is 0.0926. The van der Waals surface area contributed by atoms with Crippen molar-refractivity contribution in [2.75, 3.05) is 24.8 Å². The molecule has 0 saturated heterocycles. The Bertz CT molecular complexity index is 1580. The summed E-state index contributed by atoms with van der Waals surface area (Å²) in [5.74, 6) is 1.23. The first-order valence-electron chi connectivity index (χ1n) is 11.9. The molecule has 0 unspecified atom stereocenters. The Morgan fingerprint density at radius 1 is 0.974 bits per heavy atom. The third kappa shape index (κ3) is 5.86. The van der Waals surface area contributed by atoms with Gasteiger partial charge in [-0.2, -0.15) is 5.10 Å². The van der Waals surface area contributed by atoms with Crippen LogP contribution in [-0.2, 0) is 12.5 Å². The van der Waals surface area contributed by atoms with E-state index in [1.807, 2.05) is 26.8 Å². The van der Waals surface area contributed by atoms with E-state index in [1.165, 1.54) is 14.2 Å². The summed E-state index contributed by atoms with van der Waals surface area (Å²) < 4.78 is 13.0. The fourth-order valence-corrected chi connectivity index (χ4v) is 4.17. The van der Waals surface area contributed by atoms with Gasteiger partial charge < -0.3 is 20.1 Å². The van der Waals surface area contributed by atoms with Crippen LogP contribution in [0.5, 0.6) is 17.2 Å². The number of amides is 3. The van der Waals surface area contributed by atoms with Crippen LogP contribution in [0.1, 0.15) is 36.8 Å². The summed E-state index contributed by atoms with van der Waals surface area (Å²) in [4.78, 5) is 29.4. The number of hydrogen-bond donors (Lipinski definition) is 3. The molecule has 10 nitrogen and oxygen atoms in total. The van der Waals surface area contributed by atoms with E-state index in [1.54, 1.807) is 48.3 Å². The maximum Gasteiger partial charge on any atom is 0.324 e. The molecule has 0 fully saturated rings. The van der Waals surface area contributed by atoms with Crippen molar-refractivity contribution in [2.45, 2.75) is 26.2 Å². The zero-order valence-electron chi connectivity index (χ0n) is 22.3. The number of methoxy groups -OCH3 is 1. The molecule has 0 saturated carbocycles. The third-order valence-electron chi connectivity index (χ3n) is 5.90. The van der Waals surface area contributed by atoms with Crippen molar-refractivity contribution in [3.05, 3.63) is 63.9 Å². The van der Waals surface area contributed by atoms with Gasteiger partial charge >= 0.3 is 6.03 Å². The quantitative estimate of drug-likeness (QED) is 0.247. The van der Waals surface area contributed by atoms with Crippen molar-refractivity contribution in [1.29, 1.82) is 0 Å². The van der Waals surface area contributed by atoms with Gasteiger partial charge in [-0.05, 0) is 24.3 Å². The number of halogens is 2. The fourth-order valence-electron chi connectivity index (χ4n) is 3.76. The van der Waals surface area contributed by atoms with Crippen molar-refractivity contribution in [1.82, 2.24) is 20.1 Å². The third-order valence-corrected chi connectivity index (χ3v) is 6.76. The van der Waals surface area contributed by atoms with E-state index in [0.717, 1.165) is 5.69 Å². The highest BCUT2D eigenvalue weighted by atomic mass is 35.5. The number of anilines is 2. The number of benzene rings is 2. The molecular weight excluding hydrogens is 543 g/mol. The molecule has 0 aliphatic heterocycles. The lowest BCUT2D eigenvalue weighted by atomic mass is 9.92. The average molecular weight is 571 g/mol. The highest BCUT2D eigenvalue weighted by Gasteiger charge is 2.21. The van der Waals surface area contributed by atoms with Crippen LogP contribution in [-0.4, -0.2) is 40.9 Å². The molecule has 4 aromatic rings. The maximum atomic E-state index is 12.7. The Kier molecular flexibility index (Phi) is 7.89. The predicted molar refractivity (Wildman–Crippen MR) is 153 cm³/mol. The zero-order valence-corrected chi connectivity index (χ0v) is 23.8. The molecule has 0 spiro atoms. The zero-order chi connectivity index (χ0) is 28.5. The Morgan fingerprint density at radius 2 is 1.72 bits per heavy atom. The second-order valence-corrected chi connectivity index (χ2v) is 10.4. The molecule has 0 bridgehead atoms. The Balaban J connectivity index is 1.58. The first kappa shape index (κ1) is 28.0. The molecule has 204 valence electrons. The SMILES string of the molecule is CNC(=O)c1cc2c(Oc3ccc(NC(=O)Nc4cc(C(C)(C)C)nn4C)c(Cl)c3Cl)ccnc2cc1OC. The van der Waals surface area contributed by atoms with Crippen molar-refractivity contribution < 1.29 is 19.1 Å². The fraction of sp³-hybridized carbons (Fsp3) is 0.259. The summed E-state index contributed by atoms with van der Waals surface area (Å²) in [7, 11) is 4.76. The number of ether oxygens (including phenoxy) is 2. The molecule has 4 rings (SSSR count). The molecule has 0 aliphatic carbocycles. The van der Waals surface area contributed by atoms with Gasteiger partial charge in [0.15, 0.2) is 0 Å². The largest absolute Gasteiger partial charge is 0.496 e. The molecule has 0 atom stereocenters. The van der Waals surface area contributed by atoms with E-state index < -0.39 is 6.03 Å². The van der Waals surface area contributed by atoms with Gasteiger partial charge in [0, 0.05) is 43.2 Å². The number of carbonyl (C=O) groups excluding carboxylic acids is 2. The lowest BCUT2D eigenvalue weighted by molar-refractivity contribution is 0.0960. The van der Waals surface area contributed by atoms with Gasteiger partial charge in [0.25, 0.3) is 5.91 Å². The van der Waals surface area contributed by atoms with Crippen molar-refractivity contribution in [3.63, 3.8) is 0 Å². The molecule has 39 heavy (non-hydrogen) atoms. The summed E-state index contributed by atoms with van der Waals surface area (Å²) in [6.07, 6.45) is 1.57. The van der Waals surface area contributed by atoms with E-state index in [2.05, 4.69) is 26.0 Å². The number of aromatic nitrogens is 3. The second-order valence-electron chi connectivity index (χ2n) is 9.67. The molecule has 2 aromatic heterocycles. The number of carbonyl (C=O) groups is 2. The van der Waals surface area contributed by atoms with Crippen molar-refractivity contribution >= 4 is 57.5 Å². The van der Waals surface area contributed by atoms with E-state index in [4.69, 9.17) is 32.7 Å². The van der Waals surface area contributed by atoms with Gasteiger partial charge in [-0.3, -0.25) is 19.8 Å². The van der Waals surface area contributed by atoms with Gasteiger partial charge in [-0.1, -0.05) is 44.0 Å². The molecule has 3 amide bonds. The van der Waals surface area contributed by atoms with E-state index in [-0.39, 0.29) is 32.8 Å². The van der Waals surface area contributed by atoms with Gasteiger partial charge in [-0.25, -0.2) is 4.79 Å². The van der Waals surface area contributed by atoms with Gasteiger partial charge in [-0.15, -0.1) is 0 Å². The molecule has 0 radical (unpaired) electrons. The summed E-state index contributed by atoms with van der Waals surface area (Å²) in [6, 6.07) is 9.40. The van der Waals surface area contributed by atoms with Crippen LogP contribution < -0.4 is 25.4 Å². The molecule has 2 aromatic carbocycles. The number of nitrogens with zero attached hydrogens (tertiary/aromatic N) is 3. The average Bonchev–Trinajstić information content (AvgIpc) is 3.27.